The molecule has 0 aliphatic carbocycles. The Kier molecular flexibility index (Phi) is 3.85. The number of benzene rings is 2. The minimum absolute atomic E-state index is 0.289. The van der Waals surface area contributed by atoms with Crippen molar-refractivity contribution in [2.75, 3.05) is 0 Å². The van der Waals surface area contributed by atoms with Gasteiger partial charge in [0.05, 0.1) is 11.8 Å². The second kappa shape index (κ2) is 6.17. The molecule has 2 aromatic carbocycles. The topological polar surface area (TPSA) is 30.7 Å². The van der Waals surface area contributed by atoms with Crippen molar-refractivity contribution in [1.82, 2.24) is 14.5 Å². The molecule has 25 heavy (non-hydrogen) atoms. The van der Waals surface area contributed by atoms with Crippen LogP contribution in [0.4, 0.5) is 0 Å². The van der Waals surface area contributed by atoms with Gasteiger partial charge >= 0.3 is 0 Å². The number of hydrogen-bond acceptors (Lipinski definition) is 2. The standard InChI is InChI=1S/C22H21N3/c1-15(22-13-23-14-25(22)3)18-9-10-21-19(11-18)16(2)20(12-24-21)17-7-5-4-6-8-17/h4-15H,1-3H3. The van der Waals surface area contributed by atoms with Gasteiger partial charge in [-0.25, -0.2) is 4.98 Å². The number of rotatable bonds is 3. The summed E-state index contributed by atoms with van der Waals surface area (Å²) in [4.78, 5) is 8.93. The number of pyridine rings is 1. The molecule has 0 bridgehead atoms. The van der Waals surface area contributed by atoms with Gasteiger partial charge in [-0.05, 0) is 35.7 Å². The summed E-state index contributed by atoms with van der Waals surface area (Å²) in [5.74, 6) is 0.289. The molecule has 0 saturated carbocycles. The van der Waals surface area contributed by atoms with E-state index in [1.165, 1.54) is 33.3 Å². The molecule has 2 aromatic heterocycles. The Balaban J connectivity index is 1.85. The first-order valence-corrected chi connectivity index (χ1v) is 8.56. The van der Waals surface area contributed by atoms with Gasteiger partial charge in [0.1, 0.15) is 0 Å². The van der Waals surface area contributed by atoms with Crippen molar-refractivity contribution in [2.24, 2.45) is 7.05 Å². The first-order valence-electron chi connectivity index (χ1n) is 8.56. The Hall–Kier alpha value is -2.94. The maximum absolute atomic E-state index is 4.68. The van der Waals surface area contributed by atoms with Gasteiger partial charge in [0.2, 0.25) is 0 Å². The van der Waals surface area contributed by atoms with Gasteiger partial charge in [-0.2, -0.15) is 0 Å². The Morgan fingerprint density at radius 1 is 1.00 bits per heavy atom. The van der Waals surface area contributed by atoms with Crippen LogP contribution in [0.25, 0.3) is 22.0 Å². The van der Waals surface area contributed by atoms with Crippen molar-refractivity contribution in [2.45, 2.75) is 19.8 Å². The average Bonchev–Trinajstić information content (AvgIpc) is 3.08. The number of aryl methyl sites for hydroxylation is 2. The molecular weight excluding hydrogens is 306 g/mol. The first kappa shape index (κ1) is 15.6. The molecule has 0 N–H and O–H groups in total. The first-order chi connectivity index (χ1) is 12.1. The SMILES string of the molecule is Cc1c(-c2ccccc2)cnc2ccc(C(C)c3cncn3C)cc12. The lowest BCUT2D eigenvalue weighted by atomic mass is 9.93. The zero-order valence-electron chi connectivity index (χ0n) is 14.8. The molecule has 0 radical (unpaired) electrons. The van der Waals surface area contributed by atoms with Crippen molar-refractivity contribution >= 4 is 10.9 Å². The van der Waals surface area contributed by atoms with Gasteiger partial charge in [-0.1, -0.05) is 43.3 Å². The molecule has 1 atom stereocenters. The van der Waals surface area contributed by atoms with E-state index < -0.39 is 0 Å². The molecule has 1 unspecified atom stereocenters. The molecule has 0 amide bonds. The number of aromatic nitrogens is 3. The molecule has 0 aliphatic heterocycles. The monoisotopic (exact) mass is 327 g/mol. The van der Waals surface area contributed by atoms with Crippen molar-refractivity contribution in [3.8, 4) is 11.1 Å². The van der Waals surface area contributed by atoms with Crippen LogP contribution in [0.2, 0.25) is 0 Å². The smallest absolute Gasteiger partial charge is 0.0945 e. The molecule has 0 saturated heterocycles. The molecule has 2 heterocycles. The second-order valence-electron chi connectivity index (χ2n) is 6.59. The van der Waals surface area contributed by atoms with E-state index in [1.54, 1.807) is 0 Å². The van der Waals surface area contributed by atoms with Gasteiger partial charge < -0.3 is 4.57 Å². The lowest BCUT2D eigenvalue weighted by Gasteiger charge is -2.15. The van der Waals surface area contributed by atoms with Crippen molar-refractivity contribution in [3.63, 3.8) is 0 Å². The van der Waals surface area contributed by atoms with Crippen molar-refractivity contribution < 1.29 is 0 Å². The van der Waals surface area contributed by atoms with E-state index in [0.29, 0.717) is 0 Å². The minimum atomic E-state index is 0.289. The van der Waals surface area contributed by atoms with Crippen molar-refractivity contribution in [3.05, 3.63) is 84.1 Å². The average molecular weight is 327 g/mol. The van der Waals surface area contributed by atoms with E-state index in [4.69, 9.17) is 0 Å². The number of fused-ring (bicyclic) bond motifs is 1. The van der Waals surface area contributed by atoms with Gasteiger partial charge in [0, 0.05) is 42.0 Å². The predicted octanol–water partition coefficient (Wildman–Crippen LogP) is 5.10. The molecular formula is C22H21N3. The van der Waals surface area contributed by atoms with E-state index in [9.17, 15) is 0 Å². The Labute approximate surface area is 148 Å². The predicted molar refractivity (Wildman–Crippen MR) is 103 cm³/mol. The summed E-state index contributed by atoms with van der Waals surface area (Å²) in [6, 6.07) is 17.0. The Morgan fingerprint density at radius 2 is 1.80 bits per heavy atom. The normalized spacial score (nSPS) is 12.4. The molecule has 4 aromatic rings. The van der Waals surface area contributed by atoms with Crippen LogP contribution in [0.3, 0.4) is 0 Å². The maximum Gasteiger partial charge on any atom is 0.0945 e. The van der Waals surface area contributed by atoms with Gasteiger partial charge in [-0.15, -0.1) is 0 Å². The minimum Gasteiger partial charge on any atom is -0.337 e. The van der Waals surface area contributed by atoms with E-state index >= 15 is 0 Å². The molecule has 0 spiro atoms. The van der Waals surface area contributed by atoms with Gasteiger partial charge in [-0.3, -0.25) is 4.98 Å². The fourth-order valence-corrected chi connectivity index (χ4v) is 3.48. The zero-order chi connectivity index (χ0) is 17.4. The summed E-state index contributed by atoms with van der Waals surface area (Å²) in [5.41, 5.74) is 7.21. The molecule has 3 nitrogen and oxygen atoms in total. The number of hydrogen-bond donors (Lipinski definition) is 0. The third-order valence-corrected chi connectivity index (χ3v) is 5.04. The fourth-order valence-electron chi connectivity index (χ4n) is 3.48. The quantitative estimate of drug-likeness (QED) is 0.524. The van der Waals surface area contributed by atoms with Crippen LogP contribution in [-0.4, -0.2) is 14.5 Å². The summed E-state index contributed by atoms with van der Waals surface area (Å²) < 4.78 is 2.08. The summed E-state index contributed by atoms with van der Waals surface area (Å²) in [7, 11) is 2.04. The highest BCUT2D eigenvalue weighted by Crippen LogP contribution is 2.31. The third-order valence-electron chi connectivity index (χ3n) is 5.04. The van der Waals surface area contributed by atoms with Gasteiger partial charge in [0.15, 0.2) is 0 Å². The summed E-state index contributed by atoms with van der Waals surface area (Å²) in [5, 5.41) is 1.22. The summed E-state index contributed by atoms with van der Waals surface area (Å²) >= 11 is 0. The van der Waals surface area contributed by atoms with Crippen LogP contribution in [0.5, 0.6) is 0 Å². The van der Waals surface area contributed by atoms with E-state index in [0.717, 1.165) is 5.52 Å². The van der Waals surface area contributed by atoms with Gasteiger partial charge in [0.25, 0.3) is 0 Å². The summed E-state index contributed by atoms with van der Waals surface area (Å²) in [6.07, 6.45) is 5.78. The Bertz CT molecular complexity index is 1030. The van der Waals surface area contributed by atoms with Crippen LogP contribution in [-0.2, 0) is 7.05 Å². The van der Waals surface area contributed by atoms with Crippen LogP contribution in [0, 0.1) is 6.92 Å². The van der Waals surface area contributed by atoms with E-state index in [1.807, 2.05) is 31.8 Å². The molecule has 4 rings (SSSR count). The van der Waals surface area contributed by atoms with Crippen LogP contribution in [0.15, 0.2) is 67.3 Å². The Morgan fingerprint density at radius 3 is 2.52 bits per heavy atom. The maximum atomic E-state index is 4.68. The van der Waals surface area contributed by atoms with Crippen molar-refractivity contribution in [1.29, 1.82) is 0 Å². The van der Waals surface area contributed by atoms with Crippen LogP contribution in [0.1, 0.15) is 29.7 Å². The molecule has 0 aliphatic rings. The van der Waals surface area contributed by atoms with E-state index in [-0.39, 0.29) is 5.92 Å². The molecule has 3 heteroatoms. The largest absolute Gasteiger partial charge is 0.337 e. The third kappa shape index (κ3) is 2.72. The van der Waals surface area contributed by atoms with E-state index in [2.05, 4.69) is 70.8 Å². The highest BCUT2D eigenvalue weighted by molar-refractivity contribution is 5.88. The van der Waals surface area contributed by atoms with Crippen LogP contribution >= 0.6 is 0 Å². The lowest BCUT2D eigenvalue weighted by Crippen LogP contribution is -2.02. The lowest BCUT2D eigenvalue weighted by molar-refractivity contribution is 0.769. The molecule has 124 valence electrons. The number of nitrogens with zero attached hydrogens (tertiary/aromatic N) is 3. The second-order valence-corrected chi connectivity index (χ2v) is 6.59. The van der Waals surface area contributed by atoms with Crippen LogP contribution < -0.4 is 0 Å². The number of imidazole rings is 1. The molecule has 0 fully saturated rings. The highest BCUT2D eigenvalue weighted by Gasteiger charge is 2.14. The zero-order valence-corrected chi connectivity index (χ0v) is 14.8. The highest BCUT2D eigenvalue weighted by atomic mass is 15.0. The summed E-state index contributed by atoms with van der Waals surface area (Å²) in [6.45, 7) is 4.41. The fraction of sp³-hybridized carbons (Fsp3) is 0.182.